The standard InChI is InChI=1S/C10H20N2O/c1-4-7-11-10(13)12(3)8(2)9-5-6-9/h8-9H,4-7H2,1-3H3,(H,11,13). The molecule has 1 aliphatic carbocycles. The third-order valence-corrected chi connectivity index (χ3v) is 2.76. The van der Waals surface area contributed by atoms with Gasteiger partial charge in [-0.3, -0.25) is 0 Å². The van der Waals surface area contributed by atoms with Crippen molar-refractivity contribution in [3.63, 3.8) is 0 Å². The second-order valence-corrected chi connectivity index (χ2v) is 3.92. The molecule has 0 aromatic heterocycles. The van der Waals surface area contributed by atoms with Crippen molar-refractivity contribution in [2.45, 2.75) is 39.2 Å². The van der Waals surface area contributed by atoms with Gasteiger partial charge in [-0.2, -0.15) is 0 Å². The Morgan fingerprint density at radius 3 is 2.69 bits per heavy atom. The van der Waals surface area contributed by atoms with Gasteiger partial charge in [-0.15, -0.1) is 0 Å². The van der Waals surface area contributed by atoms with Crippen molar-refractivity contribution in [2.75, 3.05) is 13.6 Å². The zero-order valence-electron chi connectivity index (χ0n) is 8.84. The summed E-state index contributed by atoms with van der Waals surface area (Å²) in [5.74, 6) is 0.748. The van der Waals surface area contributed by atoms with Crippen LogP contribution in [0.5, 0.6) is 0 Å². The van der Waals surface area contributed by atoms with E-state index >= 15 is 0 Å². The summed E-state index contributed by atoms with van der Waals surface area (Å²) >= 11 is 0. The highest BCUT2D eigenvalue weighted by Crippen LogP contribution is 2.34. The molecule has 0 spiro atoms. The fraction of sp³-hybridized carbons (Fsp3) is 0.900. The molecule has 0 aromatic carbocycles. The van der Waals surface area contributed by atoms with Crippen molar-refractivity contribution in [1.29, 1.82) is 0 Å². The minimum Gasteiger partial charge on any atom is -0.338 e. The van der Waals surface area contributed by atoms with Gasteiger partial charge >= 0.3 is 6.03 Å². The number of carbonyl (C=O) groups excluding carboxylic acids is 1. The predicted molar refractivity (Wildman–Crippen MR) is 53.6 cm³/mol. The molecule has 3 nitrogen and oxygen atoms in total. The lowest BCUT2D eigenvalue weighted by molar-refractivity contribution is 0.188. The first kappa shape index (κ1) is 10.4. The molecular weight excluding hydrogens is 164 g/mol. The molecule has 0 radical (unpaired) electrons. The van der Waals surface area contributed by atoms with Crippen molar-refractivity contribution < 1.29 is 4.79 Å². The Hall–Kier alpha value is -0.730. The number of nitrogens with zero attached hydrogens (tertiary/aromatic N) is 1. The minimum atomic E-state index is 0.0706. The molecule has 1 atom stereocenters. The van der Waals surface area contributed by atoms with Gasteiger partial charge in [0.15, 0.2) is 0 Å². The Balaban J connectivity index is 2.27. The van der Waals surface area contributed by atoms with Gasteiger partial charge in [-0.25, -0.2) is 4.79 Å². The molecule has 0 heterocycles. The molecule has 2 amide bonds. The van der Waals surface area contributed by atoms with Crippen LogP contribution in [0.2, 0.25) is 0 Å². The number of nitrogens with one attached hydrogen (secondary N) is 1. The number of urea groups is 1. The summed E-state index contributed by atoms with van der Waals surface area (Å²) in [6.45, 7) is 4.97. The van der Waals surface area contributed by atoms with E-state index in [1.165, 1.54) is 12.8 Å². The average molecular weight is 184 g/mol. The molecule has 0 aliphatic heterocycles. The lowest BCUT2D eigenvalue weighted by Gasteiger charge is -2.24. The summed E-state index contributed by atoms with van der Waals surface area (Å²) in [4.78, 5) is 13.3. The molecule has 0 aromatic rings. The third-order valence-electron chi connectivity index (χ3n) is 2.76. The van der Waals surface area contributed by atoms with Crippen molar-refractivity contribution in [2.24, 2.45) is 5.92 Å². The van der Waals surface area contributed by atoms with Crippen LogP contribution in [0.15, 0.2) is 0 Å². The topological polar surface area (TPSA) is 32.3 Å². The van der Waals surface area contributed by atoms with Crippen LogP contribution in [0, 0.1) is 5.92 Å². The Kier molecular flexibility index (Phi) is 3.58. The number of amides is 2. The quantitative estimate of drug-likeness (QED) is 0.710. The molecule has 1 unspecified atom stereocenters. The summed E-state index contributed by atoms with van der Waals surface area (Å²) in [5.41, 5.74) is 0. The van der Waals surface area contributed by atoms with E-state index in [0.29, 0.717) is 6.04 Å². The van der Waals surface area contributed by atoms with E-state index in [1.807, 2.05) is 11.9 Å². The van der Waals surface area contributed by atoms with Gasteiger partial charge in [0.2, 0.25) is 0 Å². The Morgan fingerprint density at radius 2 is 2.23 bits per heavy atom. The van der Waals surface area contributed by atoms with E-state index in [2.05, 4.69) is 19.2 Å². The highest BCUT2D eigenvalue weighted by molar-refractivity contribution is 5.74. The molecule has 1 rings (SSSR count). The van der Waals surface area contributed by atoms with Crippen LogP contribution >= 0.6 is 0 Å². The molecule has 3 heteroatoms. The summed E-state index contributed by atoms with van der Waals surface area (Å²) in [6.07, 6.45) is 3.57. The van der Waals surface area contributed by atoms with Crippen LogP contribution < -0.4 is 5.32 Å². The molecular formula is C10H20N2O. The summed E-state index contributed by atoms with van der Waals surface area (Å²) < 4.78 is 0. The summed E-state index contributed by atoms with van der Waals surface area (Å²) in [5, 5.41) is 2.88. The van der Waals surface area contributed by atoms with Gasteiger partial charge in [0, 0.05) is 19.6 Å². The van der Waals surface area contributed by atoms with E-state index in [-0.39, 0.29) is 6.03 Å². The van der Waals surface area contributed by atoms with Gasteiger partial charge < -0.3 is 10.2 Å². The van der Waals surface area contributed by atoms with Crippen molar-refractivity contribution in [3.8, 4) is 0 Å². The highest BCUT2D eigenvalue weighted by atomic mass is 16.2. The molecule has 1 fully saturated rings. The molecule has 1 saturated carbocycles. The van der Waals surface area contributed by atoms with Gasteiger partial charge in [0.05, 0.1) is 0 Å². The molecule has 13 heavy (non-hydrogen) atoms. The Bertz CT molecular complexity index is 178. The summed E-state index contributed by atoms with van der Waals surface area (Å²) in [7, 11) is 1.88. The molecule has 1 N–H and O–H groups in total. The number of carbonyl (C=O) groups is 1. The predicted octanol–water partition coefficient (Wildman–Crippen LogP) is 1.84. The molecule has 1 aliphatic rings. The van der Waals surface area contributed by atoms with Crippen LogP contribution in [0.1, 0.15) is 33.1 Å². The largest absolute Gasteiger partial charge is 0.338 e. The second-order valence-electron chi connectivity index (χ2n) is 3.92. The fourth-order valence-electron chi connectivity index (χ4n) is 1.44. The first-order valence-corrected chi connectivity index (χ1v) is 5.17. The summed E-state index contributed by atoms with van der Waals surface area (Å²) in [6, 6.07) is 0.470. The number of hydrogen-bond acceptors (Lipinski definition) is 1. The van der Waals surface area contributed by atoms with Crippen molar-refractivity contribution in [1.82, 2.24) is 10.2 Å². The van der Waals surface area contributed by atoms with Gasteiger partial charge in [0.1, 0.15) is 0 Å². The van der Waals surface area contributed by atoms with Crippen LogP contribution in [0.25, 0.3) is 0 Å². The maximum Gasteiger partial charge on any atom is 0.317 e. The van der Waals surface area contributed by atoms with E-state index in [4.69, 9.17) is 0 Å². The lowest BCUT2D eigenvalue weighted by atomic mass is 10.2. The first-order valence-electron chi connectivity index (χ1n) is 5.17. The highest BCUT2D eigenvalue weighted by Gasteiger charge is 2.32. The number of rotatable bonds is 4. The monoisotopic (exact) mass is 184 g/mol. The van der Waals surface area contributed by atoms with Crippen LogP contribution in [-0.4, -0.2) is 30.6 Å². The van der Waals surface area contributed by atoms with Crippen molar-refractivity contribution >= 4 is 6.03 Å². The Labute approximate surface area is 80.5 Å². The smallest absolute Gasteiger partial charge is 0.317 e. The maximum absolute atomic E-state index is 11.5. The third kappa shape index (κ3) is 2.90. The minimum absolute atomic E-state index is 0.0706. The van der Waals surface area contributed by atoms with Gasteiger partial charge in [-0.05, 0) is 32.1 Å². The van der Waals surface area contributed by atoms with E-state index < -0.39 is 0 Å². The normalized spacial score (nSPS) is 18.1. The van der Waals surface area contributed by atoms with Crippen molar-refractivity contribution in [3.05, 3.63) is 0 Å². The Morgan fingerprint density at radius 1 is 1.62 bits per heavy atom. The number of hydrogen-bond donors (Lipinski definition) is 1. The SMILES string of the molecule is CCCNC(=O)N(C)C(C)C1CC1. The van der Waals surface area contributed by atoms with E-state index in [1.54, 1.807) is 0 Å². The molecule has 76 valence electrons. The lowest BCUT2D eigenvalue weighted by Crippen LogP contribution is -2.43. The molecule has 0 bridgehead atoms. The molecule has 0 saturated heterocycles. The van der Waals surface area contributed by atoms with Gasteiger partial charge in [0.25, 0.3) is 0 Å². The maximum atomic E-state index is 11.5. The zero-order chi connectivity index (χ0) is 9.84. The van der Waals surface area contributed by atoms with Crippen LogP contribution in [0.3, 0.4) is 0 Å². The van der Waals surface area contributed by atoms with E-state index in [9.17, 15) is 4.79 Å². The first-order chi connectivity index (χ1) is 6.16. The second kappa shape index (κ2) is 4.49. The fourth-order valence-corrected chi connectivity index (χ4v) is 1.44. The van der Waals surface area contributed by atoms with E-state index in [0.717, 1.165) is 18.9 Å². The van der Waals surface area contributed by atoms with Gasteiger partial charge in [-0.1, -0.05) is 6.92 Å². The average Bonchev–Trinajstić information content (AvgIpc) is 2.94. The van der Waals surface area contributed by atoms with Crippen LogP contribution in [-0.2, 0) is 0 Å². The van der Waals surface area contributed by atoms with Crippen LogP contribution in [0.4, 0.5) is 4.79 Å². The zero-order valence-corrected chi connectivity index (χ0v) is 8.84.